The van der Waals surface area contributed by atoms with Crippen LogP contribution in [-0.2, 0) is 5.88 Å². The van der Waals surface area contributed by atoms with Crippen molar-refractivity contribution in [3.05, 3.63) is 11.6 Å². The smallest absolute Gasteiger partial charge is 0.148 e. The maximum Gasteiger partial charge on any atom is 0.148 e. The van der Waals surface area contributed by atoms with E-state index in [1.807, 2.05) is 0 Å². The summed E-state index contributed by atoms with van der Waals surface area (Å²) in [6, 6.07) is 0.413. The molecule has 4 heteroatoms. The number of hydrogen-bond donors (Lipinski definition) is 0. The minimum atomic E-state index is 0.413. The molecule has 1 aromatic rings. The molecule has 17 heavy (non-hydrogen) atoms. The molecule has 0 amide bonds. The molecule has 0 bridgehead atoms. The Bertz CT molecular complexity index is 401. The summed E-state index contributed by atoms with van der Waals surface area (Å²) in [7, 11) is 0. The fraction of sp³-hybridized carbons (Fsp3) is 0.846. The number of nitrogens with zero attached hydrogens (tertiary/aromatic N) is 3. The molecule has 0 aliphatic heterocycles. The summed E-state index contributed by atoms with van der Waals surface area (Å²) >= 11 is 5.94. The van der Waals surface area contributed by atoms with Gasteiger partial charge >= 0.3 is 0 Å². The highest BCUT2D eigenvalue weighted by atomic mass is 35.5. The molecule has 2 fully saturated rings. The highest BCUT2D eigenvalue weighted by Gasteiger charge is 2.53. The van der Waals surface area contributed by atoms with Crippen molar-refractivity contribution in [3.8, 4) is 0 Å². The number of fused-ring (bicyclic) bond motifs is 1. The average molecular weight is 254 g/mol. The van der Waals surface area contributed by atoms with E-state index in [2.05, 4.69) is 28.6 Å². The second kappa shape index (κ2) is 4.27. The number of rotatable bonds is 3. The first-order chi connectivity index (χ1) is 8.24. The molecule has 0 saturated heterocycles. The summed E-state index contributed by atoms with van der Waals surface area (Å²) in [4.78, 5) is 0. The van der Waals surface area contributed by atoms with Crippen molar-refractivity contribution in [3.63, 3.8) is 0 Å². The number of aromatic nitrogens is 3. The van der Waals surface area contributed by atoms with Crippen molar-refractivity contribution < 1.29 is 0 Å². The van der Waals surface area contributed by atoms with Crippen molar-refractivity contribution in [2.45, 2.75) is 57.4 Å². The minimum Gasteiger partial charge on any atom is -0.311 e. The summed E-state index contributed by atoms with van der Waals surface area (Å²) in [6.45, 7) is 4.38. The molecule has 0 N–H and O–H groups in total. The Labute approximate surface area is 108 Å². The Hall–Kier alpha value is -0.570. The molecule has 2 aliphatic rings. The van der Waals surface area contributed by atoms with E-state index in [-0.39, 0.29) is 0 Å². The molecule has 0 radical (unpaired) electrons. The van der Waals surface area contributed by atoms with Gasteiger partial charge in [0.05, 0.1) is 5.88 Å². The third kappa shape index (κ3) is 1.79. The summed E-state index contributed by atoms with van der Waals surface area (Å²) in [5.74, 6) is 5.03. The van der Waals surface area contributed by atoms with Gasteiger partial charge in [-0.1, -0.05) is 12.8 Å². The quantitative estimate of drug-likeness (QED) is 0.772. The fourth-order valence-electron chi connectivity index (χ4n) is 3.59. The second-order valence-electron chi connectivity index (χ2n) is 5.71. The number of halogens is 1. The van der Waals surface area contributed by atoms with Crippen molar-refractivity contribution in [2.24, 2.45) is 11.8 Å². The van der Waals surface area contributed by atoms with E-state index in [0.29, 0.717) is 17.8 Å². The van der Waals surface area contributed by atoms with Crippen LogP contribution in [0, 0.1) is 11.8 Å². The van der Waals surface area contributed by atoms with Gasteiger partial charge in [0, 0.05) is 12.0 Å². The molecule has 3 nitrogen and oxygen atoms in total. The van der Waals surface area contributed by atoms with Crippen LogP contribution in [0.3, 0.4) is 0 Å². The third-order valence-corrected chi connectivity index (χ3v) is 4.62. The van der Waals surface area contributed by atoms with Gasteiger partial charge in [-0.3, -0.25) is 0 Å². The van der Waals surface area contributed by atoms with E-state index in [4.69, 9.17) is 11.6 Å². The first-order valence-electron chi connectivity index (χ1n) is 6.73. The first kappa shape index (κ1) is 11.5. The molecule has 1 heterocycles. The zero-order chi connectivity index (χ0) is 12.0. The largest absolute Gasteiger partial charge is 0.311 e. The molecular formula is C13H20ClN3. The van der Waals surface area contributed by atoms with E-state index in [9.17, 15) is 0 Å². The molecular weight excluding hydrogens is 234 g/mol. The summed E-state index contributed by atoms with van der Waals surface area (Å²) in [6.07, 6.45) is 5.57. The Balaban J connectivity index is 1.91. The fourth-order valence-corrected chi connectivity index (χ4v) is 3.78. The molecule has 3 rings (SSSR count). The lowest BCUT2D eigenvalue weighted by Gasteiger charge is -2.12. The van der Waals surface area contributed by atoms with E-state index in [1.165, 1.54) is 31.5 Å². The lowest BCUT2D eigenvalue weighted by Crippen LogP contribution is -2.09. The minimum absolute atomic E-state index is 0.413. The Morgan fingerprint density at radius 1 is 1.24 bits per heavy atom. The Kier molecular flexibility index (Phi) is 2.89. The summed E-state index contributed by atoms with van der Waals surface area (Å²) in [5.41, 5.74) is 0. The van der Waals surface area contributed by atoms with E-state index >= 15 is 0 Å². The van der Waals surface area contributed by atoms with E-state index in [0.717, 1.165) is 17.7 Å². The highest BCUT2D eigenvalue weighted by molar-refractivity contribution is 6.16. The van der Waals surface area contributed by atoms with Crippen LogP contribution in [0.4, 0.5) is 0 Å². The van der Waals surface area contributed by atoms with Crippen LogP contribution >= 0.6 is 11.6 Å². The molecule has 2 aliphatic carbocycles. The van der Waals surface area contributed by atoms with Gasteiger partial charge in [0.2, 0.25) is 0 Å². The molecule has 2 atom stereocenters. The molecule has 0 spiro atoms. The molecule has 0 aromatic carbocycles. The SMILES string of the molecule is CC(C)n1c(CCl)nnc1C1C2CCCCC21. The highest BCUT2D eigenvalue weighted by Crippen LogP contribution is 2.60. The van der Waals surface area contributed by atoms with Gasteiger partial charge in [0.15, 0.2) is 0 Å². The van der Waals surface area contributed by atoms with Gasteiger partial charge in [-0.15, -0.1) is 21.8 Å². The van der Waals surface area contributed by atoms with Crippen molar-refractivity contribution in [2.75, 3.05) is 0 Å². The molecule has 2 unspecified atom stereocenters. The van der Waals surface area contributed by atoms with Gasteiger partial charge < -0.3 is 4.57 Å². The normalized spacial score (nSPS) is 31.6. The van der Waals surface area contributed by atoms with Crippen LogP contribution in [0.25, 0.3) is 0 Å². The van der Waals surface area contributed by atoms with Crippen LogP contribution < -0.4 is 0 Å². The summed E-state index contributed by atoms with van der Waals surface area (Å²) < 4.78 is 2.26. The Morgan fingerprint density at radius 2 is 1.88 bits per heavy atom. The molecule has 2 saturated carbocycles. The van der Waals surface area contributed by atoms with Crippen molar-refractivity contribution in [1.29, 1.82) is 0 Å². The lowest BCUT2D eigenvalue weighted by molar-refractivity contribution is 0.480. The van der Waals surface area contributed by atoms with Gasteiger partial charge in [-0.2, -0.15) is 0 Å². The molecule has 94 valence electrons. The second-order valence-corrected chi connectivity index (χ2v) is 5.98. The lowest BCUT2D eigenvalue weighted by atomic mass is 10.0. The van der Waals surface area contributed by atoms with E-state index in [1.54, 1.807) is 0 Å². The number of alkyl halides is 1. The van der Waals surface area contributed by atoms with Crippen molar-refractivity contribution >= 4 is 11.6 Å². The predicted octanol–water partition coefficient (Wildman–Crippen LogP) is 3.50. The monoisotopic (exact) mass is 253 g/mol. The maximum atomic E-state index is 5.94. The standard InChI is InChI=1S/C13H20ClN3/c1-8(2)17-11(7-14)15-16-13(17)12-9-5-3-4-6-10(9)12/h8-10,12H,3-7H2,1-2H3. The maximum absolute atomic E-state index is 5.94. The van der Waals surface area contributed by atoms with Crippen LogP contribution in [-0.4, -0.2) is 14.8 Å². The predicted molar refractivity (Wildman–Crippen MR) is 68.2 cm³/mol. The molecule has 1 aromatic heterocycles. The van der Waals surface area contributed by atoms with Gasteiger partial charge in [-0.05, 0) is 38.5 Å². The van der Waals surface area contributed by atoms with Gasteiger partial charge in [0.1, 0.15) is 11.6 Å². The third-order valence-electron chi connectivity index (χ3n) is 4.38. The zero-order valence-electron chi connectivity index (χ0n) is 10.6. The zero-order valence-corrected chi connectivity index (χ0v) is 11.3. The van der Waals surface area contributed by atoms with Gasteiger partial charge in [0.25, 0.3) is 0 Å². The summed E-state index contributed by atoms with van der Waals surface area (Å²) in [5, 5.41) is 8.68. The Morgan fingerprint density at radius 3 is 2.41 bits per heavy atom. The topological polar surface area (TPSA) is 30.7 Å². The van der Waals surface area contributed by atoms with Crippen LogP contribution in [0.2, 0.25) is 0 Å². The first-order valence-corrected chi connectivity index (χ1v) is 7.27. The van der Waals surface area contributed by atoms with Crippen LogP contribution in [0.5, 0.6) is 0 Å². The van der Waals surface area contributed by atoms with Gasteiger partial charge in [-0.25, -0.2) is 0 Å². The van der Waals surface area contributed by atoms with E-state index < -0.39 is 0 Å². The van der Waals surface area contributed by atoms with Crippen LogP contribution in [0.1, 0.15) is 63.1 Å². The average Bonchev–Trinajstić information content (AvgIpc) is 2.89. The van der Waals surface area contributed by atoms with Crippen LogP contribution in [0.15, 0.2) is 0 Å². The number of hydrogen-bond acceptors (Lipinski definition) is 2. The van der Waals surface area contributed by atoms with Crippen molar-refractivity contribution in [1.82, 2.24) is 14.8 Å².